The molecular weight excluding hydrogens is 479 g/mol. The van der Waals surface area contributed by atoms with Gasteiger partial charge in [0, 0.05) is 24.1 Å². The summed E-state index contributed by atoms with van der Waals surface area (Å²) in [6.45, 7) is 2.02. The number of hydrogen-bond acceptors (Lipinski definition) is 4. The molecule has 32 heavy (non-hydrogen) atoms. The summed E-state index contributed by atoms with van der Waals surface area (Å²) in [7, 11) is 1.51. The van der Waals surface area contributed by atoms with Crippen LogP contribution < -0.4 is 22.1 Å². The van der Waals surface area contributed by atoms with E-state index in [2.05, 4.69) is 21.2 Å². The number of anilines is 2. The highest BCUT2D eigenvalue weighted by molar-refractivity contribution is 9.10. The fraction of sp³-hybridized carbons (Fsp3) is 0.174. The maximum atomic E-state index is 14.5. The molecule has 0 bridgehead atoms. The zero-order valence-corrected chi connectivity index (χ0v) is 19.0. The van der Waals surface area contributed by atoms with Crippen molar-refractivity contribution >= 4 is 38.3 Å². The first-order chi connectivity index (χ1) is 15.3. The molecule has 9 heteroatoms. The van der Waals surface area contributed by atoms with Gasteiger partial charge in [0.25, 0.3) is 11.1 Å². The quantitative estimate of drug-likeness (QED) is 0.456. The van der Waals surface area contributed by atoms with Crippen LogP contribution in [0.5, 0.6) is 0 Å². The highest BCUT2D eigenvalue weighted by Gasteiger charge is 2.20. The summed E-state index contributed by atoms with van der Waals surface area (Å²) in [5.74, 6) is -0.554. The van der Waals surface area contributed by atoms with E-state index in [1.807, 2.05) is 30.3 Å². The summed E-state index contributed by atoms with van der Waals surface area (Å²) in [5.41, 5.74) is -0.261. The number of nitrogens with zero attached hydrogens (tertiary/aromatic N) is 3. The minimum absolute atomic E-state index is 0.103. The normalized spacial score (nSPS) is 11.1. The Labute approximate surface area is 190 Å². The fourth-order valence-corrected chi connectivity index (χ4v) is 4.03. The topological polar surface area (TPSA) is 78.0 Å². The van der Waals surface area contributed by atoms with E-state index in [0.29, 0.717) is 4.47 Å². The second kappa shape index (κ2) is 8.58. The lowest BCUT2D eigenvalue weighted by Gasteiger charge is -2.18. The van der Waals surface area contributed by atoms with Crippen molar-refractivity contribution in [2.24, 2.45) is 7.05 Å². The van der Waals surface area contributed by atoms with Crippen LogP contribution in [-0.4, -0.2) is 13.7 Å². The van der Waals surface area contributed by atoms with Crippen molar-refractivity contribution in [1.82, 2.24) is 13.7 Å². The number of pyridine rings is 1. The van der Waals surface area contributed by atoms with Gasteiger partial charge < -0.3 is 5.32 Å². The molecule has 0 aliphatic carbocycles. The van der Waals surface area contributed by atoms with Gasteiger partial charge in [-0.3, -0.25) is 23.3 Å². The Bertz CT molecular complexity index is 1510. The second-order valence-corrected chi connectivity index (χ2v) is 8.22. The monoisotopic (exact) mass is 498 g/mol. The molecule has 1 N–H and O–H groups in total. The van der Waals surface area contributed by atoms with Gasteiger partial charge in [0.2, 0.25) is 0 Å². The van der Waals surface area contributed by atoms with Gasteiger partial charge in [-0.15, -0.1) is 0 Å². The number of fused-ring (bicyclic) bond motifs is 1. The van der Waals surface area contributed by atoms with Crippen molar-refractivity contribution < 1.29 is 4.39 Å². The number of aryl methyl sites for hydroxylation is 1. The van der Waals surface area contributed by atoms with Crippen LogP contribution in [0.2, 0.25) is 0 Å². The van der Waals surface area contributed by atoms with E-state index in [0.717, 1.165) is 10.1 Å². The van der Waals surface area contributed by atoms with E-state index in [9.17, 15) is 18.8 Å². The molecule has 0 spiro atoms. The Hall–Kier alpha value is -3.46. The largest absolute Gasteiger partial charge is 0.352 e. The molecule has 2 aromatic heterocycles. The summed E-state index contributed by atoms with van der Waals surface area (Å²) in [5, 5.41) is 3.01. The number of benzene rings is 2. The van der Waals surface area contributed by atoms with E-state index in [1.165, 1.54) is 34.4 Å². The molecule has 0 amide bonds. The van der Waals surface area contributed by atoms with Gasteiger partial charge >= 0.3 is 5.69 Å². The summed E-state index contributed by atoms with van der Waals surface area (Å²) in [6.07, 6.45) is 0. The molecule has 2 aromatic carbocycles. The zero-order chi connectivity index (χ0) is 23.0. The molecule has 0 fully saturated rings. The lowest BCUT2D eigenvalue weighted by atomic mass is 10.2. The molecule has 0 atom stereocenters. The number of aromatic nitrogens is 3. The maximum absolute atomic E-state index is 14.5. The van der Waals surface area contributed by atoms with Crippen LogP contribution in [0.4, 0.5) is 15.8 Å². The Morgan fingerprint density at radius 2 is 1.69 bits per heavy atom. The average molecular weight is 499 g/mol. The summed E-state index contributed by atoms with van der Waals surface area (Å²) in [6, 6.07) is 14.9. The Morgan fingerprint density at radius 1 is 0.969 bits per heavy atom. The van der Waals surface area contributed by atoms with Gasteiger partial charge in [0.05, 0.1) is 17.9 Å². The first-order valence-electron chi connectivity index (χ1n) is 9.95. The van der Waals surface area contributed by atoms with Crippen LogP contribution in [0.25, 0.3) is 11.0 Å². The molecule has 2 heterocycles. The lowest BCUT2D eigenvalue weighted by molar-refractivity contribution is 0.606. The predicted molar refractivity (Wildman–Crippen MR) is 126 cm³/mol. The number of nitrogens with one attached hydrogen (secondary N) is 1. The minimum Gasteiger partial charge on any atom is -0.352 e. The highest BCUT2D eigenvalue weighted by atomic mass is 79.9. The smallest absolute Gasteiger partial charge is 0.332 e. The van der Waals surface area contributed by atoms with Crippen molar-refractivity contribution in [3.05, 3.63) is 102 Å². The molecule has 0 saturated carbocycles. The predicted octanol–water partition coefficient (Wildman–Crippen LogP) is 3.58. The van der Waals surface area contributed by atoms with E-state index >= 15 is 0 Å². The molecule has 4 rings (SSSR count). The molecule has 164 valence electrons. The van der Waals surface area contributed by atoms with Crippen LogP contribution in [0.1, 0.15) is 12.5 Å². The van der Waals surface area contributed by atoms with Gasteiger partial charge in [-0.1, -0.05) is 46.3 Å². The SMILES string of the molecule is CCn1c(=O)c2c(Nc3ccc(Br)cc3F)cc(=O)n(C)c2n(Cc2ccccc2)c1=O. The van der Waals surface area contributed by atoms with Crippen LogP contribution in [-0.2, 0) is 20.1 Å². The van der Waals surface area contributed by atoms with Gasteiger partial charge in [0.1, 0.15) is 16.9 Å². The molecule has 0 unspecified atom stereocenters. The summed E-state index contributed by atoms with van der Waals surface area (Å²) in [4.78, 5) is 39.2. The molecule has 4 aromatic rings. The molecule has 7 nitrogen and oxygen atoms in total. The van der Waals surface area contributed by atoms with Crippen molar-refractivity contribution in [2.75, 3.05) is 5.32 Å². The van der Waals surface area contributed by atoms with Crippen molar-refractivity contribution in [2.45, 2.75) is 20.0 Å². The molecule has 0 saturated heterocycles. The van der Waals surface area contributed by atoms with Crippen LogP contribution in [0.15, 0.2) is 73.5 Å². The standard InChI is InChI=1S/C23H20BrFN4O3/c1-3-28-22(31)20-18(26-17-10-9-15(24)11-16(17)25)12-19(30)27(2)21(20)29(23(28)32)13-14-7-5-4-6-8-14/h4-12,26H,3,13H2,1-2H3. The molecule has 0 radical (unpaired) electrons. The van der Waals surface area contributed by atoms with E-state index in [1.54, 1.807) is 13.0 Å². The summed E-state index contributed by atoms with van der Waals surface area (Å²) >= 11 is 3.21. The zero-order valence-electron chi connectivity index (χ0n) is 17.4. The Balaban J connectivity index is 2.06. The van der Waals surface area contributed by atoms with Gasteiger partial charge in [-0.25, -0.2) is 9.18 Å². The van der Waals surface area contributed by atoms with Gasteiger partial charge in [-0.05, 0) is 30.7 Å². The first-order valence-corrected chi connectivity index (χ1v) is 10.7. The van der Waals surface area contributed by atoms with E-state index in [-0.39, 0.29) is 35.5 Å². The van der Waals surface area contributed by atoms with Gasteiger partial charge in [0.15, 0.2) is 0 Å². The van der Waals surface area contributed by atoms with E-state index < -0.39 is 22.6 Å². The van der Waals surface area contributed by atoms with Crippen LogP contribution in [0, 0.1) is 5.82 Å². The number of rotatable bonds is 5. The van der Waals surface area contributed by atoms with E-state index in [4.69, 9.17) is 0 Å². The fourth-order valence-electron chi connectivity index (χ4n) is 3.69. The maximum Gasteiger partial charge on any atom is 0.332 e. The molecule has 0 aliphatic rings. The van der Waals surface area contributed by atoms with Crippen LogP contribution in [0.3, 0.4) is 0 Å². The third kappa shape index (κ3) is 3.80. The van der Waals surface area contributed by atoms with Crippen LogP contribution >= 0.6 is 15.9 Å². The van der Waals surface area contributed by atoms with Gasteiger partial charge in [-0.2, -0.15) is 0 Å². The molecule has 0 aliphatic heterocycles. The highest BCUT2D eigenvalue weighted by Crippen LogP contribution is 2.26. The lowest BCUT2D eigenvalue weighted by Crippen LogP contribution is -2.42. The van der Waals surface area contributed by atoms with Crippen molar-refractivity contribution in [3.8, 4) is 0 Å². The second-order valence-electron chi connectivity index (χ2n) is 7.31. The summed E-state index contributed by atoms with van der Waals surface area (Å²) < 4.78 is 18.8. The number of halogens is 2. The average Bonchev–Trinajstić information content (AvgIpc) is 2.76. The third-order valence-electron chi connectivity index (χ3n) is 5.29. The Morgan fingerprint density at radius 3 is 2.34 bits per heavy atom. The van der Waals surface area contributed by atoms with Crippen molar-refractivity contribution in [1.29, 1.82) is 0 Å². The third-order valence-corrected chi connectivity index (χ3v) is 5.78. The minimum atomic E-state index is -0.554. The van der Waals surface area contributed by atoms with Crippen molar-refractivity contribution in [3.63, 3.8) is 0 Å². The molecular formula is C23H20BrFN4O3. The Kier molecular flexibility index (Phi) is 5.84. The number of hydrogen-bond donors (Lipinski definition) is 1. The first kappa shape index (κ1) is 21.8.